The van der Waals surface area contributed by atoms with E-state index in [1.165, 1.54) is 5.69 Å². The molecule has 0 bridgehead atoms. The second kappa shape index (κ2) is 12.2. The van der Waals surface area contributed by atoms with Crippen molar-refractivity contribution in [2.24, 2.45) is 0 Å². The lowest BCUT2D eigenvalue weighted by Gasteiger charge is -2.19. The van der Waals surface area contributed by atoms with E-state index >= 15 is 0 Å². The van der Waals surface area contributed by atoms with Crippen LogP contribution < -0.4 is 0 Å². The SMILES string of the molecule is CC.CC.CCN(CC)CCn1c(C)nc(C)c1C. The molecule has 0 aliphatic carbocycles. The van der Waals surface area contributed by atoms with Crippen molar-refractivity contribution in [3.63, 3.8) is 0 Å². The van der Waals surface area contributed by atoms with Gasteiger partial charge in [0.05, 0.1) is 5.69 Å². The summed E-state index contributed by atoms with van der Waals surface area (Å²) in [6.45, 7) is 23.2. The molecule has 1 heterocycles. The second-order valence-corrected chi connectivity index (χ2v) is 4.01. The van der Waals surface area contributed by atoms with Gasteiger partial charge in [-0.2, -0.15) is 0 Å². The fourth-order valence-corrected chi connectivity index (χ4v) is 1.93. The molecule has 1 aromatic heterocycles. The number of rotatable bonds is 5. The first-order chi connectivity index (χ1) is 9.10. The summed E-state index contributed by atoms with van der Waals surface area (Å²) in [6, 6.07) is 0. The van der Waals surface area contributed by atoms with E-state index in [1.807, 2.05) is 27.7 Å². The number of imidazole rings is 1. The first-order valence-electron chi connectivity index (χ1n) is 7.82. The minimum Gasteiger partial charge on any atom is -0.331 e. The maximum Gasteiger partial charge on any atom is 0.106 e. The van der Waals surface area contributed by atoms with Crippen LogP contribution in [0.15, 0.2) is 0 Å². The lowest BCUT2D eigenvalue weighted by molar-refractivity contribution is 0.288. The van der Waals surface area contributed by atoms with Gasteiger partial charge in [0.2, 0.25) is 0 Å². The summed E-state index contributed by atoms with van der Waals surface area (Å²) >= 11 is 0. The summed E-state index contributed by atoms with van der Waals surface area (Å²) in [5.41, 5.74) is 2.46. The van der Waals surface area contributed by atoms with Gasteiger partial charge in [0.15, 0.2) is 0 Å². The fourth-order valence-electron chi connectivity index (χ4n) is 1.93. The van der Waals surface area contributed by atoms with Gasteiger partial charge >= 0.3 is 0 Å². The van der Waals surface area contributed by atoms with Crippen LogP contribution in [0.25, 0.3) is 0 Å². The zero-order chi connectivity index (χ0) is 15.4. The summed E-state index contributed by atoms with van der Waals surface area (Å²) in [6.07, 6.45) is 0. The largest absolute Gasteiger partial charge is 0.331 e. The summed E-state index contributed by atoms with van der Waals surface area (Å²) in [5, 5.41) is 0. The van der Waals surface area contributed by atoms with Crippen molar-refractivity contribution in [1.82, 2.24) is 14.5 Å². The third kappa shape index (κ3) is 6.76. The van der Waals surface area contributed by atoms with Gasteiger partial charge in [0.1, 0.15) is 5.82 Å². The topological polar surface area (TPSA) is 21.1 Å². The Morgan fingerprint density at radius 1 is 0.947 bits per heavy atom. The molecule has 0 saturated heterocycles. The summed E-state index contributed by atoms with van der Waals surface area (Å²) < 4.78 is 2.31. The van der Waals surface area contributed by atoms with Gasteiger partial charge in [-0.25, -0.2) is 4.98 Å². The van der Waals surface area contributed by atoms with E-state index < -0.39 is 0 Å². The van der Waals surface area contributed by atoms with Crippen molar-refractivity contribution in [2.75, 3.05) is 19.6 Å². The van der Waals surface area contributed by atoms with Crippen LogP contribution in [0.5, 0.6) is 0 Å². The number of hydrogen-bond acceptors (Lipinski definition) is 2. The highest BCUT2D eigenvalue weighted by molar-refractivity contribution is 5.13. The molecule has 114 valence electrons. The van der Waals surface area contributed by atoms with E-state index in [-0.39, 0.29) is 0 Å². The molecule has 19 heavy (non-hydrogen) atoms. The van der Waals surface area contributed by atoms with E-state index in [0.717, 1.165) is 37.7 Å². The van der Waals surface area contributed by atoms with Crippen molar-refractivity contribution in [3.8, 4) is 0 Å². The molecule has 0 aliphatic rings. The Hall–Kier alpha value is -0.830. The number of aromatic nitrogens is 2. The van der Waals surface area contributed by atoms with Crippen molar-refractivity contribution in [3.05, 3.63) is 17.2 Å². The Bertz CT molecular complexity index is 312. The van der Waals surface area contributed by atoms with Gasteiger partial charge in [-0.3, -0.25) is 0 Å². The van der Waals surface area contributed by atoms with Gasteiger partial charge in [0, 0.05) is 18.8 Å². The zero-order valence-corrected chi connectivity index (χ0v) is 14.7. The molecule has 0 N–H and O–H groups in total. The first kappa shape index (κ1) is 20.5. The molecule has 0 atom stereocenters. The highest BCUT2D eigenvalue weighted by atomic mass is 15.2. The molecule has 0 spiro atoms. The third-order valence-corrected chi connectivity index (χ3v) is 3.18. The van der Waals surface area contributed by atoms with Crippen LogP contribution in [0.4, 0.5) is 0 Å². The Morgan fingerprint density at radius 3 is 1.74 bits per heavy atom. The van der Waals surface area contributed by atoms with Crippen LogP contribution in [-0.2, 0) is 6.54 Å². The van der Waals surface area contributed by atoms with Crippen LogP contribution in [0.2, 0.25) is 0 Å². The third-order valence-electron chi connectivity index (χ3n) is 3.18. The molecule has 0 radical (unpaired) electrons. The van der Waals surface area contributed by atoms with Crippen LogP contribution >= 0.6 is 0 Å². The van der Waals surface area contributed by atoms with Gasteiger partial charge in [-0.1, -0.05) is 41.5 Å². The molecule has 0 aliphatic heterocycles. The lowest BCUT2D eigenvalue weighted by atomic mass is 10.3. The van der Waals surface area contributed by atoms with Crippen molar-refractivity contribution < 1.29 is 0 Å². The van der Waals surface area contributed by atoms with Crippen molar-refractivity contribution >= 4 is 0 Å². The predicted octanol–water partition coefficient (Wildman–Crippen LogP) is 4.20. The van der Waals surface area contributed by atoms with E-state index in [4.69, 9.17) is 0 Å². The lowest BCUT2D eigenvalue weighted by Crippen LogP contribution is -2.27. The standard InChI is InChI=1S/C12H23N3.2C2H6/c1-6-14(7-2)8-9-15-11(4)10(3)13-12(15)5;2*1-2/h6-9H2,1-5H3;2*1-2H3. The van der Waals surface area contributed by atoms with Crippen LogP contribution in [0.3, 0.4) is 0 Å². The van der Waals surface area contributed by atoms with Gasteiger partial charge in [-0.05, 0) is 33.9 Å². The summed E-state index contributed by atoms with van der Waals surface area (Å²) in [5.74, 6) is 1.14. The van der Waals surface area contributed by atoms with Crippen LogP contribution in [-0.4, -0.2) is 34.1 Å². The fraction of sp³-hybridized carbons (Fsp3) is 0.812. The van der Waals surface area contributed by atoms with Crippen LogP contribution in [0, 0.1) is 20.8 Å². The molecule has 3 nitrogen and oxygen atoms in total. The highest BCUT2D eigenvalue weighted by Crippen LogP contribution is 2.09. The maximum absolute atomic E-state index is 4.48. The quantitative estimate of drug-likeness (QED) is 0.798. The van der Waals surface area contributed by atoms with Crippen molar-refractivity contribution in [2.45, 2.75) is 68.9 Å². The molecule has 0 amide bonds. The monoisotopic (exact) mass is 269 g/mol. The summed E-state index contributed by atoms with van der Waals surface area (Å²) in [7, 11) is 0. The minimum atomic E-state index is 1.06. The minimum absolute atomic E-state index is 1.06. The molecule has 3 heteroatoms. The Kier molecular flexibility index (Phi) is 13.2. The number of hydrogen-bond donors (Lipinski definition) is 0. The maximum atomic E-state index is 4.48. The van der Waals surface area contributed by atoms with E-state index in [9.17, 15) is 0 Å². The van der Waals surface area contributed by atoms with Gasteiger partial charge in [0.25, 0.3) is 0 Å². The predicted molar refractivity (Wildman–Crippen MR) is 86.9 cm³/mol. The second-order valence-electron chi connectivity index (χ2n) is 4.01. The average molecular weight is 269 g/mol. The van der Waals surface area contributed by atoms with E-state index in [1.54, 1.807) is 0 Å². The van der Waals surface area contributed by atoms with Crippen LogP contribution in [0.1, 0.15) is 58.8 Å². The number of aryl methyl sites for hydroxylation is 2. The molecule has 0 saturated carbocycles. The van der Waals surface area contributed by atoms with E-state index in [0.29, 0.717) is 0 Å². The van der Waals surface area contributed by atoms with Crippen molar-refractivity contribution in [1.29, 1.82) is 0 Å². The van der Waals surface area contributed by atoms with Gasteiger partial charge < -0.3 is 9.47 Å². The summed E-state index contributed by atoms with van der Waals surface area (Å²) in [4.78, 5) is 6.92. The number of likely N-dealkylation sites (N-methyl/N-ethyl adjacent to an activating group) is 1. The van der Waals surface area contributed by atoms with Gasteiger partial charge in [-0.15, -0.1) is 0 Å². The Labute approximate surface area is 121 Å². The molecule has 0 aromatic carbocycles. The molecule has 0 fully saturated rings. The smallest absolute Gasteiger partial charge is 0.106 e. The highest BCUT2D eigenvalue weighted by Gasteiger charge is 2.07. The normalized spacial score (nSPS) is 9.58. The van der Waals surface area contributed by atoms with E-state index in [2.05, 4.69) is 49.1 Å². The number of nitrogens with zero attached hydrogens (tertiary/aromatic N) is 3. The Morgan fingerprint density at radius 2 is 1.42 bits per heavy atom. The molecular weight excluding hydrogens is 234 g/mol. The zero-order valence-electron chi connectivity index (χ0n) is 14.7. The molecule has 1 aromatic rings. The average Bonchev–Trinajstić information content (AvgIpc) is 2.70. The Balaban J connectivity index is 0. The molecule has 0 unspecified atom stereocenters. The first-order valence-corrected chi connectivity index (χ1v) is 7.82. The molecular formula is C16H35N3. The molecule has 1 rings (SSSR count).